The molecule has 2 fully saturated rings. The van der Waals surface area contributed by atoms with E-state index in [1.54, 1.807) is 46.2 Å². The molecule has 2 aliphatic heterocycles. The molecule has 6 rings (SSSR count). The quantitative estimate of drug-likeness (QED) is 0.373. The molecule has 3 aromatic carbocycles. The number of hydrogen-bond acceptors (Lipinski definition) is 4. The van der Waals surface area contributed by atoms with Crippen molar-refractivity contribution in [2.75, 3.05) is 6.54 Å². The normalized spacial score (nSPS) is 20.7. The molecule has 4 amide bonds. The average molecular weight is 611 g/mol. The zero-order valence-corrected chi connectivity index (χ0v) is 25.3. The molecule has 1 unspecified atom stereocenters. The maximum absolute atomic E-state index is 14.6. The number of primary amides is 1. The predicted molar refractivity (Wildman–Crippen MR) is 167 cm³/mol. The molecule has 1 saturated heterocycles. The SMILES string of the molecule is NC(=O)c1ccc(C(C(=O)NCCc2ccc(F)cc2)N2C(=O)[C@@H]3Cc4ccccc4CN3C(=O)[C@@H]2CC2CCCCC2)cc1. The third-order valence-corrected chi connectivity index (χ3v) is 9.64. The number of carbonyl (C=O) groups is 4. The summed E-state index contributed by atoms with van der Waals surface area (Å²) >= 11 is 0. The number of rotatable bonds is 9. The summed E-state index contributed by atoms with van der Waals surface area (Å²) in [5.41, 5.74) is 9.20. The zero-order valence-electron chi connectivity index (χ0n) is 25.3. The summed E-state index contributed by atoms with van der Waals surface area (Å²) in [6.07, 6.45) is 6.64. The molecule has 9 heteroatoms. The first kappa shape index (κ1) is 30.5. The number of nitrogens with zero attached hydrogens (tertiary/aromatic N) is 2. The second-order valence-corrected chi connectivity index (χ2v) is 12.5. The Labute approximate surface area is 262 Å². The standard InChI is InChI=1S/C36H39FN4O4/c37-29-16-10-23(11-17-29)18-19-39-34(43)32(25-12-14-26(15-13-25)33(38)42)41-31(20-24-6-2-1-3-7-24)35(44)40-22-28-9-5-4-8-27(28)21-30(40)36(41)45/h4-5,8-17,24,30-32H,1-3,6-7,18-22H2,(H2,38,42)(H,39,43)/t30-,31-,32?/m0/s1. The number of nitrogens with two attached hydrogens (primary N) is 1. The lowest BCUT2D eigenvalue weighted by molar-refractivity contribution is -0.169. The van der Waals surface area contributed by atoms with E-state index in [0.29, 0.717) is 31.4 Å². The van der Waals surface area contributed by atoms with Crippen LogP contribution in [-0.4, -0.2) is 52.1 Å². The van der Waals surface area contributed by atoms with Crippen LogP contribution in [0.15, 0.2) is 72.8 Å². The lowest BCUT2D eigenvalue weighted by Crippen LogP contribution is -2.67. The van der Waals surface area contributed by atoms with Gasteiger partial charge in [-0.2, -0.15) is 0 Å². The van der Waals surface area contributed by atoms with Crippen LogP contribution in [0, 0.1) is 11.7 Å². The van der Waals surface area contributed by atoms with Crippen molar-refractivity contribution in [3.8, 4) is 0 Å². The number of amides is 4. The van der Waals surface area contributed by atoms with Crippen molar-refractivity contribution in [3.63, 3.8) is 0 Å². The van der Waals surface area contributed by atoms with Crippen LogP contribution in [0.4, 0.5) is 4.39 Å². The first-order chi connectivity index (χ1) is 21.8. The van der Waals surface area contributed by atoms with E-state index < -0.39 is 29.9 Å². The van der Waals surface area contributed by atoms with E-state index in [2.05, 4.69) is 5.32 Å². The number of halogens is 1. The second-order valence-electron chi connectivity index (χ2n) is 12.5. The molecule has 3 atom stereocenters. The average Bonchev–Trinajstić information content (AvgIpc) is 3.06. The Bertz CT molecular complexity index is 1570. The molecule has 0 radical (unpaired) electrons. The smallest absolute Gasteiger partial charge is 0.248 e. The molecule has 0 aromatic heterocycles. The lowest BCUT2D eigenvalue weighted by Gasteiger charge is -2.50. The Morgan fingerprint density at radius 3 is 2.27 bits per heavy atom. The summed E-state index contributed by atoms with van der Waals surface area (Å²) in [5.74, 6) is -1.45. The Morgan fingerprint density at radius 1 is 0.889 bits per heavy atom. The minimum absolute atomic E-state index is 0.127. The van der Waals surface area contributed by atoms with Crippen LogP contribution in [0.25, 0.3) is 0 Å². The van der Waals surface area contributed by atoms with E-state index in [4.69, 9.17) is 5.73 Å². The van der Waals surface area contributed by atoms with Crippen molar-refractivity contribution in [1.82, 2.24) is 15.1 Å². The second kappa shape index (κ2) is 13.2. The maximum atomic E-state index is 14.6. The molecule has 2 heterocycles. The van der Waals surface area contributed by atoms with Crippen LogP contribution in [0.1, 0.15) is 77.2 Å². The lowest BCUT2D eigenvalue weighted by atomic mass is 9.81. The van der Waals surface area contributed by atoms with Gasteiger partial charge in [-0.1, -0.05) is 80.6 Å². The van der Waals surface area contributed by atoms with E-state index >= 15 is 0 Å². The summed E-state index contributed by atoms with van der Waals surface area (Å²) in [6.45, 7) is 0.620. The van der Waals surface area contributed by atoms with Gasteiger partial charge in [0.25, 0.3) is 0 Å². The zero-order chi connectivity index (χ0) is 31.5. The van der Waals surface area contributed by atoms with E-state index in [-0.39, 0.29) is 35.7 Å². The third-order valence-electron chi connectivity index (χ3n) is 9.64. The largest absolute Gasteiger partial charge is 0.366 e. The van der Waals surface area contributed by atoms with Gasteiger partial charge in [0, 0.05) is 25.1 Å². The van der Waals surface area contributed by atoms with E-state index in [9.17, 15) is 23.6 Å². The minimum Gasteiger partial charge on any atom is -0.366 e. The van der Waals surface area contributed by atoms with Crippen molar-refractivity contribution in [3.05, 3.63) is 106 Å². The maximum Gasteiger partial charge on any atom is 0.248 e. The molecule has 0 bridgehead atoms. The molecule has 234 valence electrons. The Balaban J connectivity index is 1.36. The topological polar surface area (TPSA) is 113 Å². The number of fused-ring (bicyclic) bond motifs is 2. The van der Waals surface area contributed by atoms with Gasteiger partial charge in [0.05, 0.1) is 0 Å². The third kappa shape index (κ3) is 6.48. The van der Waals surface area contributed by atoms with Crippen molar-refractivity contribution >= 4 is 23.6 Å². The molecule has 3 N–H and O–H groups in total. The molecule has 45 heavy (non-hydrogen) atoms. The summed E-state index contributed by atoms with van der Waals surface area (Å²) < 4.78 is 13.4. The van der Waals surface area contributed by atoms with Crippen LogP contribution >= 0.6 is 0 Å². The number of nitrogens with one attached hydrogen (secondary N) is 1. The molecular formula is C36H39FN4O4. The number of hydrogen-bond donors (Lipinski definition) is 2. The molecular weight excluding hydrogens is 571 g/mol. The van der Waals surface area contributed by atoms with Crippen LogP contribution in [0.2, 0.25) is 0 Å². The van der Waals surface area contributed by atoms with Crippen LogP contribution in [-0.2, 0) is 33.8 Å². The molecule has 3 aliphatic rings. The van der Waals surface area contributed by atoms with Crippen LogP contribution in [0.5, 0.6) is 0 Å². The Kier molecular flexibility index (Phi) is 8.96. The number of benzene rings is 3. The molecule has 8 nitrogen and oxygen atoms in total. The fourth-order valence-corrected chi connectivity index (χ4v) is 7.22. The van der Waals surface area contributed by atoms with Crippen molar-refractivity contribution in [2.45, 2.75) is 76.0 Å². The summed E-state index contributed by atoms with van der Waals surface area (Å²) in [4.78, 5) is 58.3. The van der Waals surface area contributed by atoms with E-state index in [1.807, 2.05) is 24.3 Å². The van der Waals surface area contributed by atoms with Gasteiger partial charge in [0.2, 0.25) is 23.6 Å². The molecule has 1 aliphatic carbocycles. The van der Waals surface area contributed by atoms with E-state index in [1.165, 1.54) is 12.1 Å². The van der Waals surface area contributed by atoms with Crippen molar-refractivity contribution in [1.29, 1.82) is 0 Å². The highest BCUT2D eigenvalue weighted by molar-refractivity contribution is 6.01. The Morgan fingerprint density at radius 2 is 1.58 bits per heavy atom. The number of carbonyl (C=O) groups excluding carboxylic acids is 4. The van der Waals surface area contributed by atoms with Crippen LogP contribution < -0.4 is 11.1 Å². The van der Waals surface area contributed by atoms with Gasteiger partial charge in [0.1, 0.15) is 23.9 Å². The summed E-state index contributed by atoms with van der Waals surface area (Å²) in [5, 5.41) is 2.98. The van der Waals surface area contributed by atoms with Gasteiger partial charge in [0.15, 0.2) is 0 Å². The first-order valence-corrected chi connectivity index (χ1v) is 15.9. The summed E-state index contributed by atoms with van der Waals surface area (Å²) in [7, 11) is 0. The molecule has 3 aromatic rings. The van der Waals surface area contributed by atoms with Gasteiger partial charge < -0.3 is 20.9 Å². The Hall–Kier alpha value is -4.53. The van der Waals surface area contributed by atoms with Crippen molar-refractivity contribution < 1.29 is 23.6 Å². The van der Waals surface area contributed by atoms with Gasteiger partial charge in [-0.15, -0.1) is 0 Å². The van der Waals surface area contributed by atoms with Gasteiger partial charge in [-0.05, 0) is 65.3 Å². The summed E-state index contributed by atoms with van der Waals surface area (Å²) in [6, 6.07) is 17.7. The fourth-order valence-electron chi connectivity index (χ4n) is 7.22. The minimum atomic E-state index is -1.09. The highest BCUT2D eigenvalue weighted by Gasteiger charge is 2.51. The molecule has 1 saturated carbocycles. The highest BCUT2D eigenvalue weighted by atomic mass is 19.1. The van der Waals surface area contributed by atoms with Gasteiger partial charge in [-0.25, -0.2) is 4.39 Å². The fraction of sp³-hybridized carbons (Fsp3) is 0.389. The van der Waals surface area contributed by atoms with Gasteiger partial charge >= 0.3 is 0 Å². The van der Waals surface area contributed by atoms with Gasteiger partial charge in [-0.3, -0.25) is 19.2 Å². The van der Waals surface area contributed by atoms with E-state index in [0.717, 1.165) is 48.8 Å². The van der Waals surface area contributed by atoms with Crippen LogP contribution in [0.3, 0.4) is 0 Å². The molecule has 0 spiro atoms. The first-order valence-electron chi connectivity index (χ1n) is 15.9. The predicted octanol–water partition coefficient (Wildman–Crippen LogP) is 4.46. The number of piperazine rings is 1. The van der Waals surface area contributed by atoms with Crippen molar-refractivity contribution in [2.24, 2.45) is 11.7 Å². The highest BCUT2D eigenvalue weighted by Crippen LogP contribution is 2.38. The monoisotopic (exact) mass is 610 g/mol.